The number of rotatable bonds is 3. The van der Waals surface area contributed by atoms with Crippen molar-refractivity contribution in [1.29, 1.82) is 0 Å². The van der Waals surface area contributed by atoms with Gasteiger partial charge in [-0.05, 0) is 30.2 Å². The maximum Gasteiger partial charge on any atom is 0.307 e. The zero-order chi connectivity index (χ0) is 14.8. The smallest absolute Gasteiger partial charge is 0.307 e. The molecule has 0 radical (unpaired) electrons. The van der Waals surface area contributed by atoms with Gasteiger partial charge in [0, 0.05) is 11.1 Å². The summed E-state index contributed by atoms with van der Waals surface area (Å²) in [6, 6.07) is 15.9. The molecule has 0 bridgehead atoms. The highest BCUT2D eigenvalue weighted by molar-refractivity contribution is 7.07. The minimum absolute atomic E-state index is 0.0578. The van der Waals surface area contributed by atoms with E-state index in [9.17, 15) is 4.79 Å². The van der Waals surface area contributed by atoms with Crippen LogP contribution in [0.5, 0.6) is 0 Å². The van der Waals surface area contributed by atoms with Crippen molar-refractivity contribution >= 4 is 17.0 Å². The van der Waals surface area contributed by atoms with Crippen molar-refractivity contribution in [3.8, 4) is 11.3 Å². The summed E-state index contributed by atoms with van der Waals surface area (Å²) in [6.07, 6.45) is 0. The fourth-order valence-corrected chi connectivity index (χ4v) is 3.00. The Bertz CT molecular complexity index is 798. The van der Waals surface area contributed by atoms with E-state index in [1.165, 1.54) is 16.9 Å². The Labute approximate surface area is 127 Å². The van der Waals surface area contributed by atoms with Gasteiger partial charge in [0.2, 0.25) is 0 Å². The number of thiazole rings is 1. The molecule has 1 aromatic heterocycles. The normalized spacial score (nSPS) is 10.7. The van der Waals surface area contributed by atoms with Gasteiger partial charge < -0.3 is 5.73 Å². The predicted molar refractivity (Wildman–Crippen MR) is 88.7 cm³/mol. The van der Waals surface area contributed by atoms with Gasteiger partial charge in [0.25, 0.3) is 0 Å². The van der Waals surface area contributed by atoms with Crippen LogP contribution in [0, 0.1) is 6.92 Å². The number of benzene rings is 2. The van der Waals surface area contributed by atoms with Crippen LogP contribution in [-0.2, 0) is 6.54 Å². The summed E-state index contributed by atoms with van der Waals surface area (Å²) in [5.41, 5.74) is 10.7. The summed E-state index contributed by atoms with van der Waals surface area (Å²) < 4.78 is 1.81. The standard InChI is InChI=1S/C17H16N2OS/c1-12-2-4-13(5-3-12)10-19-16(11-21-17(19)20)14-6-8-15(18)9-7-14/h2-9,11H,10,18H2,1H3. The molecule has 1 heterocycles. The zero-order valence-corrected chi connectivity index (χ0v) is 12.6. The first-order valence-electron chi connectivity index (χ1n) is 6.73. The van der Waals surface area contributed by atoms with Crippen LogP contribution in [0.3, 0.4) is 0 Å². The van der Waals surface area contributed by atoms with E-state index in [2.05, 4.69) is 31.2 Å². The third-order valence-corrected chi connectivity index (χ3v) is 4.21. The molecular weight excluding hydrogens is 280 g/mol. The van der Waals surface area contributed by atoms with Gasteiger partial charge in [-0.2, -0.15) is 0 Å². The third kappa shape index (κ3) is 2.90. The molecule has 0 amide bonds. The highest BCUT2D eigenvalue weighted by atomic mass is 32.1. The minimum Gasteiger partial charge on any atom is -0.399 e. The first kappa shape index (κ1) is 13.6. The SMILES string of the molecule is Cc1ccc(Cn2c(-c3ccc(N)cc3)csc2=O)cc1. The fraction of sp³-hybridized carbons (Fsp3) is 0.118. The monoisotopic (exact) mass is 296 g/mol. The summed E-state index contributed by atoms with van der Waals surface area (Å²) in [5.74, 6) is 0. The summed E-state index contributed by atoms with van der Waals surface area (Å²) in [7, 11) is 0. The Morgan fingerprint density at radius 2 is 1.71 bits per heavy atom. The molecule has 0 aliphatic carbocycles. The lowest BCUT2D eigenvalue weighted by Crippen LogP contribution is -2.15. The van der Waals surface area contributed by atoms with Crippen LogP contribution in [0.15, 0.2) is 58.7 Å². The zero-order valence-electron chi connectivity index (χ0n) is 11.7. The van der Waals surface area contributed by atoms with Gasteiger partial charge in [0.15, 0.2) is 0 Å². The average molecular weight is 296 g/mol. The average Bonchev–Trinajstić information content (AvgIpc) is 2.84. The third-order valence-electron chi connectivity index (χ3n) is 3.45. The number of nitrogens with two attached hydrogens (primary N) is 1. The Kier molecular flexibility index (Phi) is 3.62. The number of anilines is 1. The molecule has 0 aliphatic rings. The predicted octanol–water partition coefficient (Wildman–Crippen LogP) is 3.52. The number of nitrogens with zero attached hydrogens (tertiary/aromatic N) is 1. The molecular formula is C17H16N2OS. The molecule has 106 valence electrons. The van der Waals surface area contributed by atoms with Crippen LogP contribution in [0.1, 0.15) is 11.1 Å². The minimum atomic E-state index is 0.0578. The Morgan fingerprint density at radius 1 is 1.05 bits per heavy atom. The van der Waals surface area contributed by atoms with E-state index in [4.69, 9.17) is 5.73 Å². The van der Waals surface area contributed by atoms with E-state index >= 15 is 0 Å². The van der Waals surface area contributed by atoms with Crippen molar-refractivity contribution in [2.24, 2.45) is 0 Å². The number of hydrogen-bond acceptors (Lipinski definition) is 3. The molecule has 0 saturated heterocycles. The van der Waals surface area contributed by atoms with Crippen molar-refractivity contribution in [1.82, 2.24) is 4.57 Å². The second kappa shape index (κ2) is 5.58. The lowest BCUT2D eigenvalue weighted by molar-refractivity contribution is 0.792. The largest absolute Gasteiger partial charge is 0.399 e. The van der Waals surface area contributed by atoms with Gasteiger partial charge in [-0.25, -0.2) is 0 Å². The lowest BCUT2D eigenvalue weighted by Gasteiger charge is -2.08. The highest BCUT2D eigenvalue weighted by Crippen LogP contribution is 2.22. The van der Waals surface area contributed by atoms with Crippen molar-refractivity contribution in [2.45, 2.75) is 13.5 Å². The number of aryl methyl sites for hydroxylation is 1. The summed E-state index contributed by atoms with van der Waals surface area (Å²) in [5, 5.41) is 1.90. The van der Waals surface area contributed by atoms with Gasteiger partial charge in [0.1, 0.15) is 0 Å². The van der Waals surface area contributed by atoms with Crippen LogP contribution < -0.4 is 10.6 Å². The van der Waals surface area contributed by atoms with Gasteiger partial charge >= 0.3 is 4.87 Å². The Balaban J connectivity index is 1.99. The second-order valence-corrected chi connectivity index (χ2v) is 5.90. The van der Waals surface area contributed by atoms with Gasteiger partial charge in [-0.1, -0.05) is 53.3 Å². The molecule has 0 atom stereocenters. The van der Waals surface area contributed by atoms with E-state index < -0.39 is 0 Å². The van der Waals surface area contributed by atoms with Crippen molar-refractivity contribution in [3.05, 3.63) is 74.7 Å². The molecule has 3 rings (SSSR count). The summed E-state index contributed by atoms with van der Waals surface area (Å²) in [6.45, 7) is 2.64. The van der Waals surface area contributed by atoms with Crippen LogP contribution in [-0.4, -0.2) is 4.57 Å². The molecule has 4 heteroatoms. The molecule has 3 nitrogen and oxygen atoms in total. The topological polar surface area (TPSA) is 48.0 Å². The molecule has 0 saturated carbocycles. The Hall–Kier alpha value is -2.33. The van der Waals surface area contributed by atoms with Crippen LogP contribution in [0.25, 0.3) is 11.3 Å². The van der Waals surface area contributed by atoms with Gasteiger partial charge in [0.05, 0.1) is 12.2 Å². The first-order chi connectivity index (χ1) is 10.1. The lowest BCUT2D eigenvalue weighted by atomic mass is 10.1. The van der Waals surface area contributed by atoms with E-state index in [0.717, 1.165) is 22.5 Å². The molecule has 0 aliphatic heterocycles. The van der Waals surface area contributed by atoms with E-state index in [0.29, 0.717) is 6.54 Å². The maximum atomic E-state index is 12.1. The molecule has 21 heavy (non-hydrogen) atoms. The Morgan fingerprint density at radius 3 is 2.38 bits per heavy atom. The quantitative estimate of drug-likeness (QED) is 0.752. The maximum absolute atomic E-state index is 12.1. The van der Waals surface area contributed by atoms with E-state index in [1.54, 1.807) is 4.57 Å². The van der Waals surface area contributed by atoms with Crippen molar-refractivity contribution < 1.29 is 0 Å². The molecule has 2 N–H and O–H groups in total. The molecule has 0 fully saturated rings. The van der Waals surface area contributed by atoms with E-state index in [1.807, 2.05) is 29.6 Å². The summed E-state index contributed by atoms with van der Waals surface area (Å²) >= 11 is 1.23. The van der Waals surface area contributed by atoms with E-state index in [-0.39, 0.29) is 4.87 Å². The first-order valence-corrected chi connectivity index (χ1v) is 7.61. The molecule has 2 aromatic carbocycles. The van der Waals surface area contributed by atoms with Crippen molar-refractivity contribution in [3.63, 3.8) is 0 Å². The van der Waals surface area contributed by atoms with Gasteiger partial charge in [-0.3, -0.25) is 9.36 Å². The van der Waals surface area contributed by atoms with Gasteiger partial charge in [-0.15, -0.1) is 0 Å². The number of aromatic nitrogens is 1. The number of hydrogen-bond donors (Lipinski definition) is 1. The van der Waals surface area contributed by atoms with Crippen LogP contribution in [0.4, 0.5) is 5.69 Å². The molecule has 3 aromatic rings. The number of nitrogen functional groups attached to an aromatic ring is 1. The highest BCUT2D eigenvalue weighted by Gasteiger charge is 2.09. The van der Waals surface area contributed by atoms with Crippen LogP contribution >= 0.6 is 11.3 Å². The van der Waals surface area contributed by atoms with Crippen molar-refractivity contribution in [2.75, 3.05) is 5.73 Å². The fourth-order valence-electron chi connectivity index (χ4n) is 2.24. The molecule has 0 spiro atoms. The molecule has 0 unspecified atom stereocenters. The second-order valence-electron chi connectivity index (χ2n) is 5.08. The van der Waals surface area contributed by atoms with Crippen LogP contribution in [0.2, 0.25) is 0 Å². The summed E-state index contributed by atoms with van der Waals surface area (Å²) in [4.78, 5) is 12.2.